The van der Waals surface area contributed by atoms with Crippen LogP contribution < -0.4 is 0 Å². The molecule has 1 atom stereocenters. The van der Waals surface area contributed by atoms with Crippen molar-refractivity contribution in [3.05, 3.63) is 16.5 Å². The van der Waals surface area contributed by atoms with E-state index in [2.05, 4.69) is 30.7 Å². The number of hydrogen-bond acceptors (Lipinski definition) is 3. The molecule has 1 unspecified atom stereocenters. The van der Waals surface area contributed by atoms with Gasteiger partial charge in [-0.25, -0.2) is 9.97 Å². The summed E-state index contributed by atoms with van der Waals surface area (Å²) in [7, 11) is 0. The first kappa shape index (κ1) is 14.8. The topological polar surface area (TPSA) is 25.8 Å². The molecule has 1 heterocycles. The minimum Gasteiger partial charge on any atom is -0.226 e. The van der Waals surface area contributed by atoms with Crippen LogP contribution >= 0.6 is 23.4 Å². The van der Waals surface area contributed by atoms with E-state index in [0.717, 1.165) is 35.0 Å². The summed E-state index contributed by atoms with van der Waals surface area (Å²) in [5.74, 6) is 2.67. The molecule has 0 radical (unpaired) electrons. The quantitative estimate of drug-likeness (QED) is 0.562. The van der Waals surface area contributed by atoms with E-state index < -0.39 is 0 Å². The molecule has 96 valence electrons. The smallest absolute Gasteiger partial charge is 0.136 e. The highest BCUT2D eigenvalue weighted by Gasteiger charge is 2.10. The molecule has 0 aliphatic heterocycles. The maximum Gasteiger partial charge on any atom is 0.136 e. The summed E-state index contributed by atoms with van der Waals surface area (Å²) in [4.78, 5) is 8.91. The fraction of sp³-hybridized carbons (Fsp3) is 0.692. The summed E-state index contributed by atoms with van der Waals surface area (Å²) < 4.78 is 0. The van der Waals surface area contributed by atoms with Gasteiger partial charge in [-0.3, -0.25) is 0 Å². The lowest BCUT2D eigenvalue weighted by atomic mass is 10.2. The summed E-state index contributed by atoms with van der Waals surface area (Å²) in [6.45, 7) is 8.60. The summed E-state index contributed by atoms with van der Waals surface area (Å²) in [6, 6.07) is 0. The molecule has 0 aliphatic carbocycles. The Balaban J connectivity index is 2.82. The third kappa shape index (κ3) is 4.47. The highest BCUT2D eigenvalue weighted by atomic mass is 35.5. The van der Waals surface area contributed by atoms with Crippen LogP contribution in [0.25, 0.3) is 0 Å². The van der Waals surface area contributed by atoms with E-state index in [1.807, 2.05) is 6.92 Å². The fourth-order valence-electron chi connectivity index (χ4n) is 1.33. The Hall–Kier alpha value is -0.280. The summed E-state index contributed by atoms with van der Waals surface area (Å²) in [5, 5.41) is 1.66. The van der Waals surface area contributed by atoms with Crippen LogP contribution in [-0.2, 0) is 6.42 Å². The van der Waals surface area contributed by atoms with Gasteiger partial charge in [-0.1, -0.05) is 38.8 Å². The van der Waals surface area contributed by atoms with Crippen molar-refractivity contribution in [1.82, 2.24) is 9.97 Å². The van der Waals surface area contributed by atoms with Crippen molar-refractivity contribution in [3.63, 3.8) is 0 Å². The fourth-order valence-corrected chi connectivity index (χ4v) is 2.73. The Bertz CT molecular complexity index is 369. The largest absolute Gasteiger partial charge is 0.226 e. The number of aryl methyl sites for hydroxylation is 1. The van der Waals surface area contributed by atoms with Gasteiger partial charge in [0.15, 0.2) is 0 Å². The van der Waals surface area contributed by atoms with E-state index >= 15 is 0 Å². The van der Waals surface area contributed by atoms with Gasteiger partial charge in [0.2, 0.25) is 0 Å². The monoisotopic (exact) mass is 272 g/mol. The van der Waals surface area contributed by atoms with E-state index in [9.17, 15) is 0 Å². The molecule has 17 heavy (non-hydrogen) atoms. The van der Waals surface area contributed by atoms with Crippen molar-refractivity contribution in [1.29, 1.82) is 0 Å². The van der Waals surface area contributed by atoms with Crippen LogP contribution in [0.4, 0.5) is 0 Å². The lowest BCUT2D eigenvalue weighted by molar-refractivity contribution is 0.636. The summed E-state index contributed by atoms with van der Waals surface area (Å²) in [5.41, 5.74) is 1.01. The maximum absolute atomic E-state index is 6.14. The van der Waals surface area contributed by atoms with Crippen LogP contribution in [-0.4, -0.2) is 15.7 Å². The first-order chi connectivity index (χ1) is 8.08. The van der Waals surface area contributed by atoms with Crippen LogP contribution in [0.3, 0.4) is 0 Å². The number of rotatable bonds is 6. The number of thioether (sulfide) groups is 1. The molecule has 0 aliphatic rings. The normalized spacial score (nSPS) is 12.8. The zero-order chi connectivity index (χ0) is 12.8. The van der Waals surface area contributed by atoms with Gasteiger partial charge >= 0.3 is 0 Å². The Morgan fingerprint density at radius 2 is 2.00 bits per heavy atom. The SMILES string of the molecule is CCCc1nc(Cl)c(C)c(SCC(C)CC)n1. The van der Waals surface area contributed by atoms with Crippen LogP contribution in [0.5, 0.6) is 0 Å². The van der Waals surface area contributed by atoms with Gasteiger partial charge in [-0.05, 0) is 19.3 Å². The van der Waals surface area contributed by atoms with Gasteiger partial charge in [0.25, 0.3) is 0 Å². The van der Waals surface area contributed by atoms with Crippen LogP contribution in [0.1, 0.15) is 45.0 Å². The standard InChI is InChI=1S/C13H21ClN2S/c1-5-7-11-15-12(14)10(4)13(16-11)17-8-9(3)6-2/h9H,5-8H2,1-4H3. The first-order valence-corrected chi connectivity index (χ1v) is 7.60. The molecular weight excluding hydrogens is 252 g/mol. The second kappa shape index (κ2) is 7.22. The molecule has 2 nitrogen and oxygen atoms in total. The van der Waals surface area contributed by atoms with E-state index in [1.54, 1.807) is 11.8 Å². The van der Waals surface area contributed by atoms with Crippen molar-refractivity contribution in [2.75, 3.05) is 5.75 Å². The third-order valence-electron chi connectivity index (χ3n) is 2.76. The van der Waals surface area contributed by atoms with Gasteiger partial charge in [0.05, 0.1) is 0 Å². The Morgan fingerprint density at radius 3 is 2.59 bits per heavy atom. The van der Waals surface area contributed by atoms with Crippen LogP contribution in [0.2, 0.25) is 5.15 Å². The van der Waals surface area contributed by atoms with Gasteiger partial charge < -0.3 is 0 Å². The van der Waals surface area contributed by atoms with Gasteiger partial charge in [0.1, 0.15) is 16.0 Å². The molecule has 4 heteroatoms. The van der Waals surface area contributed by atoms with E-state index in [0.29, 0.717) is 11.1 Å². The molecule has 0 N–H and O–H groups in total. The third-order valence-corrected chi connectivity index (χ3v) is 4.54. The first-order valence-electron chi connectivity index (χ1n) is 6.24. The zero-order valence-corrected chi connectivity index (χ0v) is 12.7. The molecule has 0 bridgehead atoms. The second-order valence-electron chi connectivity index (χ2n) is 4.44. The van der Waals surface area contributed by atoms with Crippen molar-refractivity contribution >= 4 is 23.4 Å². The minimum absolute atomic E-state index is 0.607. The average molecular weight is 273 g/mol. The predicted molar refractivity (Wildman–Crippen MR) is 76.0 cm³/mol. The lowest BCUT2D eigenvalue weighted by Crippen LogP contribution is -2.02. The molecule has 1 aromatic heterocycles. The van der Waals surface area contributed by atoms with Gasteiger partial charge in [-0.2, -0.15) is 0 Å². The summed E-state index contributed by atoms with van der Waals surface area (Å²) >= 11 is 7.94. The van der Waals surface area contributed by atoms with Gasteiger partial charge in [-0.15, -0.1) is 11.8 Å². The molecule has 0 saturated carbocycles. The highest BCUT2D eigenvalue weighted by molar-refractivity contribution is 7.99. The van der Waals surface area contributed by atoms with E-state index in [-0.39, 0.29) is 0 Å². The Morgan fingerprint density at radius 1 is 1.29 bits per heavy atom. The predicted octanol–water partition coefficient (Wildman–Crippen LogP) is 4.53. The number of halogens is 1. The van der Waals surface area contributed by atoms with Crippen molar-refractivity contribution in [2.45, 2.75) is 52.0 Å². The van der Waals surface area contributed by atoms with E-state index in [4.69, 9.17) is 11.6 Å². The molecule has 0 amide bonds. The number of nitrogens with zero attached hydrogens (tertiary/aromatic N) is 2. The number of aromatic nitrogens is 2. The molecule has 0 aromatic carbocycles. The Labute approximate surface area is 114 Å². The maximum atomic E-state index is 6.14. The molecular formula is C13H21ClN2S. The molecule has 0 saturated heterocycles. The molecule has 1 rings (SSSR count). The average Bonchev–Trinajstić information content (AvgIpc) is 2.31. The van der Waals surface area contributed by atoms with Crippen molar-refractivity contribution < 1.29 is 0 Å². The Kier molecular flexibility index (Phi) is 6.28. The van der Waals surface area contributed by atoms with Crippen LogP contribution in [0.15, 0.2) is 5.03 Å². The van der Waals surface area contributed by atoms with Crippen LogP contribution in [0, 0.1) is 12.8 Å². The zero-order valence-electron chi connectivity index (χ0n) is 11.1. The minimum atomic E-state index is 0.607. The van der Waals surface area contributed by atoms with E-state index in [1.165, 1.54) is 6.42 Å². The molecule has 0 spiro atoms. The van der Waals surface area contributed by atoms with Crippen molar-refractivity contribution in [3.8, 4) is 0 Å². The highest BCUT2D eigenvalue weighted by Crippen LogP contribution is 2.27. The lowest BCUT2D eigenvalue weighted by Gasteiger charge is -2.11. The number of hydrogen-bond donors (Lipinski definition) is 0. The molecule has 0 fully saturated rings. The van der Waals surface area contributed by atoms with Gasteiger partial charge in [0, 0.05) is 17.7 Å². The summed E-state index contributed by atoms with van der Waals surface area (Å²) in [6.07, 6.45) is 3.15. The molecule has 1 aromatic rings. The second-order valence-corrected chi connectivity index (χ2v) is 5.80. The van der Waals surface area contributed by atoms with Crippen molar-refractivity contribution in [2.24, 2.45) is 5.92 Å².